The number of hydrogen-bond donors (Lipinski definition) is 2. The fourth-order valence-electron chi connectivity index (χ4n) is 1.36. The zero-order chi connectivity index (χ0) is 9.19. The van der Waals surface area contributed by atoms with Gasteiger partial charge in [-0.15, -0.1) is 0 Å². The van der Waals surface area contributed by atoms with Gasteiger partial charge in [-0.2, -0.15) is 0 Å². The van der Waals surface area contributed by atoms with E-state index in [0.717, 1.165) is 0 Å². The Labute approximate surface area is 71.7 Å². The SMILES string of the molecule is CNC(=O)C1(C)CCC(=O)NC1. The Hall–Kier alpha value is -1.06. The predicted octanol–water partition coefficient (Wildman–Crippen LogP) is -0.351. The van der Waals surface area contributed by atoms with Crippen LogP contribution in [0.25, 0.3) is 0 Å². The van der Waals surface area contributed by atoms with E-state index in [1.807, 2.05) is 6.92 Å². The molecule has 1 rings (SSSR count). The van der Waals surface area contributed by atoms with Gasteiger partial charge in [0.25, 0.3) is 0 Å². The van der Waals surface area contributed by atoms with Crippen molar-refractivity contribution in [1.82, 2.24) is 10.6 Å². The van der Waals surface area contributed by atoms with E-state index < -0.39 is 5.41 Å². The molecule has 0 aromatic heterocycles. The van der Waals surface area contributed by atoms with Crippen molar-refractivity contribution >= 4 is 11.8 Å². The molecule has 1 heterocycles. The molecule has 0 aromatic rings. The summed E-state index contributed by atoms with van der Waals surface area (Å²) in [7, 11) is 1.62. The fourth-order valence-corrected chi connectivity index (χ4v) is 1.36. The molecule has 2 N–H and O–H groups in total. The molecule has 0 saturated carbocycles. The predicted molar refractivity (Wildman–Crippen MR) is 44.4 cm³/mol. The summed E-state index contributed by atoms with van der Waals surface area (Å²) in [5.41, 5.74) is -0.414. The molecule has 1 atom stereocenters. The number of carbonyl (C=O) groups excluding carboxylic acids is 2. The molecule has 68 valence electrons. The average molecular weight is 170 g/mol. The molecular formula is C8H14N2O2. The van der Waals surface area contributed by atoms with Gasteiger partial charge >= 0.3 is 0 Å². The Morgan fingerprint density at radius 3 is 2.75 bits per heavy atom. The van der Waals surface area contributed by atoms with E-state index in [0.29, 0.717) is 19.4 Å². The van der Waals surface area contributed by atoms with E-state index in [2.05, 4.69) is 10.6 Å². The van der Waals surface area contributed by atoms with Crippen LogP contribution in [-0.2, 0) is 9.59 Å². The maximum absolute atomic E-state index is 11.3. The lowest BCUT2D eigenvalue weighted by Gasteiger charge is -2.31. The Morgan fingerprint density at radius 1 is 1.67 bits per heavy atom. The van der Waals surface area contributed by atoms with Crippen molar-refractivity contribution in [3.8, 4) is 0 Å². The lowest BCUT2D eigenvalue weighted by molar-refractivity contribution is -0.134. The minimum Gasteiger partial charge on any atom is -0.359 e. The third kappa shape index (κ3) is 1.57. The maximum atomic E-state index is 11.3. The summed E-state index contributed by atoms with van der Waals surface area (Å²) in [4.78, 5) is 22.2. The molecule has 0 bridgehead atoms. The van der Waals surface area contributed by atoms with Gasteiger partial charge in [-0.3, -0.25) is 9.59 Å². The van der Waals surface area contributed by atoms with Gasteiger partial charge in [0.1, 0.15) is 0 Å². The van der Waals surface area contributed by atoms with Crippen LogP contribution >= 0.6 is 0 Å². The van der Waals surface area contributed by atoms with Crippen LogP contribution in [0.4, 0.5) is 0 Å². The highest BCUT2D eigenvalue weighted by Crippen LogP contribution is 2.25. The molecule has 12 heavy (non-hydrogen) atoms. The molecule has 1 aliphatic heterocycles. The molecule has 0 aromatic carbocycles. The third-order valence-corrected chi connectivity index (χ3v) is 2.35. The Balaban J connectivity index is 2.61. The van der Waals surface area contributed by atoms with Crippen molar-refractivity contribution in [3.05, 3.63) is 0 Å². The monoisotopic (exact) mass is 170 g/mol. The third-order valence-electron chi connectivity index (χ3n) is 2.35. The standard InChI is InChI=1S/C8H14N2O2/c1-8(7(12)9-2)4-3-6(11)10-5-8/h3-5H2,1-2H3,(H,9,12)(H,10,11). The highest BCUT2D eigenvalue weighted by atomic mass is 16.2. The Morgan fingerprint density at radius 2 is 2.33 bits per heavy atom. The summed E-state index contributed by atoms with van der Waals surface area (Å²) in [6, 6.07) is 0. The second kappa shape index (κ2) is 3.13. The average Bonchev–Trinajstić information content (AvgIpc) is 2.09. The summed E-state index contributed by atoms with van der Waals surface area (Å²) in [6.45, 7) is 2.32. The van der Waals surface area contributed by atoms with E-state index >= 15 is 0 Å². The summed E-state index contributed by atoms with van der Waals surface area (Å²) < 4.78 is 0. The van der Waals surface area contributed by atoms with Crippen molar-refractivity contribution in [2.45, 2.75) is 19.8 Å². The number of piperidine rings is 1. The number of amides is 2. The quantitative estimate of drug-likeness (QED) is 0.565. The van der Waals surface area contributed by atoms with E-state index in [4.69, 9.17) is 0 Å². The van der Waals surface area contributed by atoms with Crippen LogP contribution in [-0.4, -0.2) is 25.4 Å². The van der Waals surface area contributed by atoms with Crippen molar-refractivity contribution in [2.75, 3.05) is 13.6 Å². The lowest BCUT2D eigenvalue weighted by Crippen LogP contribution is -2.49. The van der Waals surface area contributed by atoms with Crippen LogP contribution in [0.3, 0.4) is 0 Å². The Bertz CT molecular complexity index is 203. The Kier molecular flexibility index (Phi) is 2.35. The zero-order valence-corrected chi connectivity index (χ0v) is 7.44. The summed E-state index contributed by atoms with van der Waals surface area (Å²) >= 11 is 0. The zero-order valence-electron chi connectivity index (χ0n) is 7.44. The van der Waals surface area contributed by atoms with Crippen molar-refractivity contribution < 1.29 is 9.59 Å². The molecule has 1 unspecified atom stereocenters. The van der Waals surface area contributed by atoms with Crippen LogP contribution in [0.1, 0.15) is 19.8 Å². The second-order valence-corrected chi connectivity index (χ2v) is 3.42. The number of hydrogen-bond acceptors (Lipinski definition) is 2. The van der Waals surface area contributed by atoms with Gasteiger partial charge in [0, 0.05) is 20.0 Å². The van der Waals surface area contributed by atoms with E-state index in [1.54, 1.807) is 7.05 Å². The number of carbonyl (C=O) groups is 2. The molecule has 1 saturated heterocycles. The molecule has 2 amide bonds. The molecule has 0 radical (unpaired) electrons. The van der Waals surface area contributed by atoms with Crippen molar-refractivity contribution in [3.63, 3.8) is 0 Å². The van der Waals surface area contributed by atoms with Gasteiger partial charge in [0.2, 0.25) is 11.8 Å². The van der Waals surface area contributed by atoms with Gasteiger partial charge in [0.05, 0.1) is 5.41 Å². The number of nitrogens with one attached hydrogen (secondary N) is 2. The van der Waals surface area contributed by atoms with E-state index in [9.17, 15) is 9.59 Å². The first-order chi connectivity index (χ1) is 5.58. The second-order valence-electron chi connectivity index (χ2n) is 3.42. The van der Waals surface area contributed by atoms with E-state index in [-0.39, 0.29) is 11.8 Å². The highest BCUT2D eigenvalue weighted by Gasteiger charge is 2.36. The molecule has 1 aliphatic rings. The van der Waals surface area contributed by atoms with Crippen LogP contribution in [0.5, 0.6) is 0 Å². The largest absolute Gasteiger partial charge is 0.359 e. The first-order valence-corrected chi connectivity index (χ1v) is 4.07. The molecular weight excluding hydrogens is 156 g/mol. The summed E-state index contributed by atoms with van der Waals surface area (Å²) in [6.07, 6.45) is 1.09. The normalized spacial score (nSPS) is 29.3. The first kappa shape index (κ1) is 9.03. The molecule has 1 fully saturated rings. The fraction of sp³-hybridized carbons (Fsp3) is 0.750. The maximum Gasteiger partial charge on any atom is 0.227 e. The van der Waals surface area contributed by atoms with Crippen LogP contribution in [0.15, 0.2) is 0 Å². The highest BCUT2D eigenvalue weighted by molar-refractivity contribution is 5.86. The van der Waals surface area contributed by atoms with Gasteiger partial charge in [0.15, 0.2) is 0 Å². The van der Waals surface area contributed by atoms with Crippen LogP contribution in [0, 0.1) is 5.41 Å². The van der Waals surface area contributed by atoms with Gasteiger partial charge in [-0.25, -0.2) is 0 Å². The lowest BCUT2D eigenvalue weighted by atomic mass is 9.82. The van der Waals surface area contributed by atoms with Gasteiger partial charge < -0.3 is 10.6 Å². The van der Waals surface area contributed by atoms with Crippen LogP contribution < -0.4 is 10.6 Å². The minimum atomic E-state index is -0.414. The number of rotatable bonds is 1. The first-order valence-electron chi connectivity index (χ1n) is 4.07. The smallest absolute Gasteiger partial charge is 0.227 e. The van der Waals surface area contributed by atoms with Gasteiger partial charge in [-0.05, 0) is 13.3 Å². The molecule has 0 spiro atoms. The van der Waals surface area contributed by atoms with Crippen molar-refractivity contribution in [1.29, 1.82) is 0 Å². The topological polar surface area (TPSA) is 58.2 Å². The van der Waals surface area contributed by atoms with Gasteiger partial charge in [-0.1, -0.05) is 0 Å². The van der Waals surface area contributed by atoms with Crippen LogP contribution in [0.2, 0.25) is 0 Å². The van der Waals surface area contributed by atoms with E-state index in [1.165, 1.54) is 0 Å². The molecule has 0 aliphatic carbocycles. The van der Waals surface area contributed by atoms with Crippen molar-refractivity contribution in [2.24, 2.45) is 5.41 Å². The molecule has 4 heteroatoms. The minimum absolute atomic E-state index is 0.00231. The summed E-state index contributed by atoms with van der Waals surface area (Å²) in [5, 5.41) is 5.29. The summed E-state index contributed by atoms with van der Waals surface area (Å²) in [5.74, 6) is 0.0406. The molecule has 4 nitrogen and oxygen atoms in total.